The molecule has 0 aromatic heterocycles. The van der Waals surface area contributed by atoms with E-state index in [2.05, 4.69) is 62.3 Å². The van der Waals surface area contributed by atoms with Gasteiger partial charge in [0.25, 0.3) is 0 Å². The third-order valence-electron chi connectivity index (χ3n) is 2.12. The lowest BCUT2D eigenvalue weighted by Crippen LogP contribution is -2.16. The van der Waals surface area contributed by atoms with Gasteiger partial charge in [-0.25, -0.2) is 0 Å². The van der Waals surface area contributed by atoms with Crippen LogP contribution in [0, 0.1) is 0 Å². The lowest BCUT2D eigenvalue weighted by Gasteiger charge is -2.14. The van der Waals surface area contributed by atoms with E-state index in [1.54, 1.807) is 0 Å². The third-order valence-corrected chi connectivity index (χ3v) is 3.33. The van der Waals surface area contributed by atoms with E-state index < -0.39 is 8.07 Å². The summed E-state index contributed by atoms with van der Waals surface area (Å²) in [4.78, 5) is 0. The minimum Gasteiger partial charge on any atom is -0.103 e. The lowest BCUT2D eigenvalue weighted by molar-refractivity contribution is 1.40. The van der Waals surface area contributed by atoms with Crippen molar-refractivity contribution in [2.75, 3.05) is 0 Å². The highest BCUT2D eigenvalue weighted by Gasteiger charge is 2.11. The van der Waals surface area contributed by atoms with Crippen molar-refractivity contribution in [2.45, 2.75) is 26.1 Å². The molecule has 0 aliphatic rings. The average molecular weight is 216 g/mol. The first-order valence-corrected chi connectivity index (χ1v) is 8.99. The van der Waals surface area contributed by atoms with Gasteiger partial charge in [-0.3, -0.25) is 0 Å². The van der Waals surface area contributed by atoms with Gasteiger partial charge in [-0.1, -0.05) is 61.7 Å². The van der Waals surface area contributed by atoms with Gasteiger partial charge in [0.2, 0.25) is 0 Å². The van der Waals surface area contributed by atoms with E-state index in [0.29, 0.717) is 0 Å². The normalized spacial score (nSPS) is 12.6. The zero-order chi connectivity index (χ0) is 11.3. The molecule has 0 atom stereocenters. The van der Waals surface area contributed by atoms with Crippen LogP contribution in [0.3, 0.4) is 0 Å². The lowest BCUT2D eigenvalue weighted by atomic mass is 10.1. The highest BCUT2D eigenvalue weighted by Crippen LogP contribution is 2.21. The zero-order valence-electron chi connectivity index (χ0n) is 9.96. The fourth-order valence-corrected chi connectivity index (χ4v) is 2.92. The van der Waals surface area contributed by atoms with Crippen LogP contribution in [0.15, 0.2) is 48.7 Å². The van der Waals surface area contributed by atoms with Crippen LogP contribution in [0.2, 0.25) is 19.6 Å². The van der Waals surface area contributed by atoms with Gasteiger partial charge in [0.05, 0.1) is 8.07 Å². The maximum atomic E-state index is 3.83. The predicted molar refractivity (Wildman–Crippen MR) is 72.6 cm³/mol. The molecule has 0 N–H and O–H groups in total. The molecule has 15 heavy (non-hydrogen) atoms. The Hall–Kier alpha value is -1.08. The Morgan fingerprint density at radius 1 is 1.20 bits per heavy atom. The highest BCUT2D eigenvalue weighted by atomic mass is 28.3. The molecule has 0 aliphatic carbocycles. The molecule has 0 unspecified atom stereocenters. The Balaban J connectivity index is 3.04. The minimum absolute atomic E-state index is 0.967. The van der Waals surface area contributed by atoms with Gasteiger partial charge >= 0.3 is 0 Å². The molecule has 1 aromatic carbocycles. The second-order valence-electron chi connectivity index (χ2n) is 4.89. The molecule has 0 heterocycles. The topological polar surface area (TPSA) is 0 Å². The molecule has 0 bridgehead atoms. The molecule has 0 saturated heterocycles. The van der Waals surface area contributed by atoms with Crippen molar-refractivity contribution >= 4 is 13.6 Å². The van der Waals surface area contributed by atoms with E-state index in [9.17, 15) is 0 Å². The first kappa shape index (κ1) is 12.0. The molecule has 0 spiro atoms. The molecule has 0 nitrogen and oxygen atoms in total. The molecule has 80 valence electrons. The summed E-state index contributed by atoms with van der Waals surface area (Å²) in [5, 5.41) is 0. The van der Waals surface area contributed by atoms with Crippen LogP contribution in [-0.2, 0) is 0 Å². The van der Waals surface area contributed by atoms with Crippen LogP contribution in [0.4, 0.5) is 0 Å². The number of hydrogen-bond donors (Lipinski definition) is 0. The van der Waals surface area contributed by atoms with Gasteiger partial charge in [0.1, 0.15) is 0 Å². The van der Waals surface area contributed by atoms with Gasteiger partial charge in [-0.15, -0.1) is 6.58 Å². The van der Waals surface area contributed by atoms with Gasteiger partial charge in [-0.2, -0.15) is 0 Å². The van der Waals surface area contributed by atoms with Crippen molar-refractivity contribution in [3.8, 4) is 0 Å². The van der Waals surface area contributed by atoms with Crippen LogP contribution in [0.25, 0.3) is 5.57 Å². The fraction of sp³-hybridized carbons (Fsp3) is 0.286. The SMILES string of the molecule is C=CCC(=C[Si](C)(C)C)c1ccccc1. The Kier molecular flexibility index (Phi) is 4.10. The quantitative estimate of drug-likeness (QED) is 0.512. The first-order chi connectivity index (χ1) is 7.03. The van der Waals surface area contributed by atoms with Crippen molar-refractivity contribution in [3.63, 3.8) is 0 Å². The van der Waals surface area contributed by atoms with Crippen molar-refractivity contribution in [1.82, 2.24) is 0 Å². The largest absolute Gasteiger partial charge is 0.103 e. The van der Waals surface area contributed by atoms with E-state index in [4.69, 9.17) is 0 Å². The molecule has 0 amide bonds. The Morgan fingerprint density at radius 3 is 2.27 bits per heavy atom. The third kappa shape index (κ3) is 4.30. The van der Waals surface area contributed by atoms with Gasteiger partial charge < -0.3 is 0 Å². The Bertz CT molecular complexity index is 341. The molecule has 1 rings (SSSR count). The van der Waals surface area contributed by atoms with Crippen LogP contribution in [-0.4, -0.2) is 8.07 Å². The summed E-state index contributed by atoms with van der Waals surface area (Å²) in [7, 11) is -1.15. The Morgan fingerprint density at radius 2 is 1.80 bits per heavy atom. The summed E-state index contributed by atoms with van der Waals surface area (Å²) in [5.41, 5.74) is 5.22. The summed E-state index contributed by atoms with van der Waals surface area (Å²) in [6, 6.07) is 10.6. The maximum Gasteiger partial charge on any atom is 0.0691 e. The van der Waals surface area contributed by atoms with Crippen LogP contribution < -0.4 is 0 Å². The molecule has 0 saturated carbocycles. The van der Waals surface area contributed by atoms with Crippen molar-refractivity contribution in [2.24, 2.45) is 0 Å². The number of hydrogen-bond acceptors (Lipinski definition) is 0. The molecule has 0 fully saturated rings. The summed E-state index contributed by atoms with van der Waals surface area (Å²) in [5.74, 6) is 0. The second kappa shape index (κ2) is 5.13. The zero-order valence-corrected chi connectivity index (χ0v) is 11.0. The molecule has 1 aromatic rings. The summed E-state index contributed by atoms with van der Waals surface area (Å²) < 4.78 is 0. The number of allylic oxidation sites excluding steroid dienone is 2. The van der Waals surface area contributed by atoms with Gasteiger partial charge in [0.15, 0.2) is 0 Å². The smallest absolute Gasteiger partial charge is 0.0691 e. The highest BCUT2D eigenvalue weighted by molar-refractivity contribution is 6.81. The van der Waals surface area contributed by atoms with Gasteiger partial charge in [0, 0.05) is 0 Å². The van der Waals surface area contributed by atoms with E-state index in [1.165, 1.54) is 11.1 Å². The Labute approximate surface area is 94.4 Å². The van der Waals surface area contributed by atoms with E-state index in [1.807, 2.05) is 6.08 Å². The van der Waals surface area contributed by atoms with Gasteiger partial charge in [-0.05, 0) is 17.6 Å². The first-order valence-electron chi connectivity index (χ1n) is 5.41. The summed E-state index contributed by atoms with van der Waals surface area (Å²) in [6.45, 7) is 10.9. The molecular weight excluding hydrogens is 196 g/mol. The van der Waals surface area contributed by atoms with Crippen LogP contribution >= 0.6 is 0 Å². The van der Waals surface area contributed by atoms with E-state index >= 15 is 0 Å². The number of rotatable bonds is 4. The average Bonchev–Trinajstić information content (AvgIpc) is 2.17. The van der Waals surface area contributed by atoms with E-state index in [0.717, 1.165) is 6.42 Å². The van der Waals surface area contributed by atoms with Crippen molar-refractivity contribution < 1.29 is 0 Å². The molecule has 1 heteroatoms. The second-order valence-corrected chi connectivity index (χ2v) is 9.92. The molecule has 0 radical (unpaired) electrons. The van der Waals surface area contributed by atoms with Crippen molar-refractivity contribution in [3.05, 3.63) is 54.2 Å². The molecular formula is C14H20Si. The van der Waals surface area contributed by atoms with E-state index in [-0.39, 0.29) is 0 Å². The summed E-state index contributed by atoms with van der Waals surface area (Å²) >= 11 is 0. The predicted octanol–water partition coefficient (Wildman–Crippen LogP) is 4.52. The standard InChI is InChI=1S/C14H20Si/c1-5-9-14(12-15(2,3)4)13-10-7-6-8-11-13/h5-8,10-12H,1,9H2,2-4H3. The minimum atomic E-state index is -1.15. The van der Waals surface area contributed by atoms with Crippen molar-refractivity contribution in [1.29, 1.82) is 0 Å². The maximum absolute atomic E-state index is 3.83. The monoisotopic (exact) mass is 216 g/mol. The summed E-state index contributed by atoms with van der Waals surface area (Å²) in [6.07, 6.45) is 2.95. The number of benzene rings is 1. The molecule has 0 aliphatic heterocycles. The fourth-order valence-electron chi connectivity index (χ4n) is 1.59. The van der Waals surface area contributed by atoms with Crippen LogP contribution in [0.1, 0.15) is 12.0 Å². The van der Waals surface area contributed by atoms with Crippen LogP contribution in [0.5, 0.6) is 0 Å².